The zero-order valence-corrected chi connectivity index (χ0v) is 24.4. The first-order valence-electron chi connectivity index (χ1n) is 5.05. The number of rotatable bonds is 6. The third-order valence-corrected chi connectivity index (χ3v) is 8.30. The second kappa shape index (κ2) is 25.5. The average molecular weight is 554 g/mol. The molecule has 0 saturated heterocycles. The number of hydrogen-bond acceptors (Lipinski definition) is 11. The van der Waals surface area contributed by atoms with Crippen LogP contribution < -0.4 is 29.6 Å². The fourth-order valence-electron chi connectivity index (χ4n) is 0.298. The Balaban J connectivity index is -0.0000000500. The Kier molecular flexibility index (Phi) is 43.5. The molecule has 0 aliphatic rings. The molecule has 8 nitrogen and oxygen atoms in total. The normalized spacial score (nSPS) is 10.2. The van der Waals surface area contributed by atoms with Gasteiger partial charge in [-0.1, -0.05) is 0 Å². The molecule has 0 aliphatic heterocycles. The van der Waals surface area contributed by atoms with E-state index in [1.807, 2.05) is 0 Å². The number of aliphatic hydroxyl groups excluding tert-OH is 1. The van der Waals surface area contributed by atoms with Crippen molar-refractivity contribution in [1.29, 1.82) is 0 Å². The van der Waals surface area contributed by atoms with Gasteiger partial charge >= 0.3 is 36.3 Å². The minimum atomic E-state index is -2.37. The smallest absolute Gasteiger partial charge is 0.870 e. The van der Waals surface area contributed by atoms with Gasteiger partial charge in [-0.15, -0.1) is 0 Å². The maximum absolute atomic E-state index is 7.00. The summed E-state index contributed by atoms with van der Waals surface area (Å²) in [4.78, 5) is -2.37. The van der Waals surface area contributed by atoms with Gasteiger partial charge in [-0.25, -0.2) is 0 Å². The van der Waals surface area contributed by atoms with Crippen molar-refractivity contribution in [3.8, 4) is 0 Å². The van der Waals surface area contributed by atoms with Crippen molar-refractivity contribution >= 4 is 86.7 Å². The first-order chi connectivity index (χ1) is 10.4. The van der Waals surface area contributed by atoms with Crippen LogP contribution in [0, 0.1) is 0 Å². The predicted molar refractivity (Wildman–Crippen MR) is 113 cm³/mol. The molecule has 2 N–H and O–H groups in total. The Bertz CT molecular complexity index is 379. The molecule has 0 unspecified atom stereocenters. The van der Waals surface area contributed by atoms with Gasteiger partial charge in [0, 0.05) is 49.8 Å². The molecule has 0 heterocycles. The van der Waals surface area contributed by atoms with Gasteiger partial charge in [-0.2, -0.15) is 0 Å². The molecule has 18 heteroatoms. The fourth-order valence-corrected chi connectivity index (χ4v) is 0.894. The summed E-state index contributed by atoms with van der Waals surface area (Å²) >= 11 is 29.5. The maximum Gasteiger partial charge on any atom is 1.00 e. The topological polar surface area (TPSA) is 106 Å². The van der Waals surface area contributed by atoms with E-state index in [1.54, 1.807) is 0 Å². The van der Waals surface area contributed by atoms with Crippen molar-refractivity contribution in [2.45, 2.75) is 0 Å². The van der Waals surface area contributed by atoms with Gasteiger partial charge in [0.25, 0.3) is 5.84 Å². The van der Waals surface area contributed by atoms with E-state index in [0.29, 0.717) is 0 Å². The monoisotopic (exact) mass is 552 g/mol. The zero-order valence-electron chi connectivity index (χ0n) is 15.0. The SMILES string of the molecule is CO.COP(=S)(Cl)Cl.COP(=S)(Cl)OC.COP(=S)(OC)OC.[Na+].[OH-]. The van der Waals surface area contributed by atoms with Gasteiger partial charge in [-0.3, -0.25) is 0 Å². The summed E-state index contributed by atoms with van der Waals surface area (Å²) in [5.41, 5.74) is 0. The van der Waals surface area contributed by atoms with Gasteiger partial charge in [0.2, 0.25) is 4.97 Å². The molecule has 0 atom stereocenters. The fraction of sp³-hybridized carbons (Fsp3) is 1.00. The predicted octanol–water partition coefficient (Wildman–Crippen LogP) is 1.66. The van der Waals surface area contributed by atoms with E-state index in [2.05, 4.69) is 37.2 Å². The Morgan fingerprint density at radius 2 is 0.840 bits per heavy atom. The molecule has 0 aromatic carbocycles. The molecule has 0 aromatic rings. The van der Waals surface area contributed by atoms with Crippen molar-refractivity contribution in [3.05, 3.63) is 0 Å². The molecule has 154 valence electrons. The van der Waals surface area contributed by atoms with Crippen molar-refractivity contribution in [3.63, 3.8) is 0 Å². The van der Waals surface area contributed by atoms with Crippen molar-refractivity contribution in [1.82, 2.24) is 0 Å². The summed E-state index contributed by atoms with van der Waals surface area (Å²) in [6, 6.07) is 0. The van der Waals surface area contributed by atoms with E-state index in [1.165, 1.54) is 42.7 Å². The first kappa shape index (κ1) is 42.6. The molecule has 0 fully saturated rings. The molecule has 25 heavy (non-hydrogen) atoms. The minimum absolute atomic E-state index is 0. The Hall–Kier alpha value is 3.50. The van der Waals surface area contributed by atoms with Gasteiger partial charge in [0.05, 0.1) is 0 Å². The zero-order chi connectivity index (χ0) is 19.7. The molecule has 0 bridgehead atoms. The van der Waals surface area contributed by atoms with E-state index >= 15 is 0 Å². The van der Waals surface area contributed by atoms with Gasteiger partial charge in [0.1, 0.15) is 0 Å². The summed E-state index contributed by atoms with van der Waals surface area (Å²) in [7, 11) is 9.64. The summed E-state index contributed by atoms with van der Waals surface area (Å²) in [5.74, 6) is -2.35. The van der Waals surface area contributed by atoms with Crippen molar-refractivity contribution < 1.29 is 67.3 Å². The standard InChI is InChI=1S/C3H9O3PS.C2H6ClO2PS.CH3Cl2OPS.CH4O.Na.H2O/c1-4-7(8,5-2)6-3;1-4-6(3,7)5-2;1-4-5(2,3)6;1-2;;/h1-3H3;1-2H3;1H3;2H,1H3;;1H2/q;;;;+1;/p-1. The van der Waals surface area contributed by atoms with Crippen LogP contribution in [0.2, 0.25) is 0 Å². The molecule has 0 aliphatic carbocycles. The molecule has 0 amide bonds. The molecular formula is C7H23Cl3NaO8P3S3. The van der Waals surface area contributed by atoms with E-state index < -0.39 is 17.5 Å². The van der Waals surface area contributed by atoms with Crippen LogP contribution in [0.4, 0.5) is 0 Å². The number of aliphatic hydroxyl groups is 1. The third kappa shape index (κ3) is 38.7. The van der Waals surface area contributed by atoms with Crippen molar-refractivity contribution in [2.24, 2.45) is 0 Å². The second-order valence-corrected chi connectivity index (χ2v) is 18.0. The van der Waals surface area contributed by atoms with Crippen LogP contribution >= 0.6 is 51.3 Å². The Morgan fingerprint density at radius 3 is 0.840 bits per heavy atom. The summed E-state index contributed by atoms with van der Waals surface area (Å²) in [6.45, 7) is -2.33. The maximum atomic E-state index is 7.00. The molecule has 0 spiro atoms. The molecule has 0 aromatic heterocycles. The van der Waals surface area contributed by atoms with Gasteiger partial charge in [0.15, 0.2) is 0 Å². The Morgan fingerprint density at radius 1 is 0.640 bits per heavy atom. The van der Waals surface area contributed by atoms with E-state index in [0.717, 1.165) is 7.11 Å². The summed E-state index contributed by atoms with van der Waals surface area (Å²) < 4.78 is 27.7. The van der Waals surface area contributed by atoms with E-state index in [9.17, 15) is 0 Å². The van der Waals surface area contributed by atoms with Gasteiger partial charge in [-0.05, 0) is 69.1 Å². The molecule has 0 saturated carbocycles. The van der Waals surface area contributed by atoms with Crippen LogP contribution in [0.25, 0.3) is 0 Å². The quantitative estimate of drug-likeness (QED) is 0.384. The Labute approximate surface area is 201 Å². The van der Waals surface area contributed by atoms with Crippen molar-refractivity contribution in [2.75, 3.05) is 49.8 Å². The first-order valence-corrected chi connectivity index (χ1v) is 15.7. The molecule has 0 rings (SSSR count). The summed E-state index contributed by atoms with van der Waals surface area (Å²) in [6.07, 6.45) is 0. The van der Waals surface area contributed by atoms with Crippen LogP contribution in [0.5, 0.6) is 0 Å². The number of halogens is 3. The average Bonchev–Trinajstić information content (AvgIpc) is 2.56. The van der Waals surface area contributed by atoms with Crippen LogP contribution in [0.3, 0.4) is 0 Å². The second-order valence-electron chi connectivity index (χ2n) is 2.39. The van der Waals surface area contributed by atoms with E-state index in [-0.39, 0.29) is 35.0 Å². The van der Waals surface area contributed by atoms with Crippen LogP contribution in [-0.2, 0) is 62.6 Å². The number of hydrogen-bond donors (Lipinski definition) is 1. The molecule has 0 radical (unpaired) electrons. The molecular weight excluding hydrogens is 531 g/mol. The third-order valence-electron chi connectivity index (χ3n) is 1.32. The van der Waals surface area contributed by atoms with Crippen LogP contribution in [0.1, 0.15) is 0 Å². The largest absolute Gasteiger partial charge is 1.00 e. The minimum Gasteiger partial charge on any atom is -0.870 e. The van der Waals surface area contributed by atoms with Gasteiger partial charge < -0.3 is 37.7 Å². The van der Waals surface area contributed by atoms with Crippen LogP contribution in [-0.4, -0.2) is 60.4 Å². The summed E-state index contributed by atoms with van der Waals surface area (Å²) in [5, 5.41) is 7.00. The van der Waals surface area contributed by atoms with Crippen LogP contribution in [0.15, 0.2) is 0 Å². The van der Waals surface area contributed by atoms with E-state index in [4.69, 9.17) is 64.2 Å².